The van der Waals surface area contributed by atoms with E-state index in [9.17, 15) is 4.79 Å². The number of carbonyl (C=O) groups excluding carboxylic acids is 1. The van der Waals surface area contributed by atoms with Crippen LogP contribution < -0.4 is 9.47 Å². The van der Waals surface area contributed by atoms with Crippen molar-refractivity contribution in [1.82, 2.24) is 0 Å². The van der Waals surface area contributed by atoms with E-state index in [0.29, 0.717) is 26.1 Å². The van der Waals surface area contributed by atoms with Gasteiger partial charge in [-0.25, -0.2) is 4.79 Å². The standard InChI is InChI=1S/C21H24O4/c1-3-21(20(22)23-4-2)13-12-17-14-18(10-11-19(17)25-21)24-15-16-8-6-5-7-9-16/h5-11,14H,3-4,12-13,15H2,1-2H3. The van der Waals surface area contributed by atoms with E-state index in [2.05, 4.69) is 0 Å². The van der Waals surface area contributed by atoms with Gasteiger partial charge in [-0.2, -0.15) is 0 Å². The van der Waals surface area contributed by atoms with Crippen molar-refractivity contribution < 1.29 is 19.0 Å². The number of hydrogen-bond donors (Lipinski definition) is 0. The fraction of sp³-hybridized carbons (Fsp3) is 0.381. The first-order valence-electron chi connectivity index (χ1n) is 8.83. The van der Waals surface area contributed by atoms with Crippen molar-refractivity contribution in [3.05, 3.63) is 59.7 Å². The van der Waals surface area contributed by atoms with Gasteiger partial charge in [-0.15, -0.1) is 0 Å². The molecule has 0 aromatic heterocycles. The molecule has 0 saturated heterocycles. The van der Waals surface area contributed by atoms with Crippen LogP contribution in [0.4, 0.5) is 0 Å². The lowest BCUT2D eigenvalue weighted by Gasteiger charge is -2.35. The maximum Gasteiger partial charge on any atom is 0.350 e. The van der Waals surface area contributed by atoms with Crippen LogP contribution >= 0.6 is 0 Å². The SMILES string of the molecule is CCOC(=O)C1(CC)CCc2cc(OCc3ccccc3)ccc2O1. The highest BCUT2D eigenvalue weighted by atomic mass is 16.6. The maximum atomic E-state index is 12.3. The zero-order chi connectivity index (χ0) is 17.7. The van der Waals surface area contributed by atoms with Gasteiger partial charge >= 0.3 is 5.97 Å². The minimum atomic E-state index is -0.866. The van der Waals surface area contributed by atoms with E-state index >= 15 is 0 Å². The van der Waals surface area contributed by atoms with Crippen molar-refractivity contribution in [2.45, 2.75) is 45.3 Å². The number of carbonyl (C=O) groups is 1. The van der Waals surface area contributed by atoms with E-state index in [4.69, 9.17) is 14.2 Å². The molecule has 0 N–H and O–H groups in total. The number of fused-ring (bicyclic) bond motifs is 1. The number of aryl methyl sites for hydroxylation is 1. The van der Waals surface area contributed by atoms with Crippen LogP contribution in [-0.4, -0.2) is 18.2 Å². The van der Waals surface area contributed by atoms with E-state index in [-0.39, 0.29) is 5.97 Å². The Morgan fingerprint density at radius 1 is 1.16 bits per heavy atom. The van der Waals surface area contributed by atoms with Crippen LogP contribution in [-0.2, 0) is 22.6 Å². The van der Waals surface area contributed by atoms with Gasteiger partial charge in [-0.05, 0) is 49.1 Å². The Morgan fingerprint density at radius 3 is 2.68 bits per heavy atom. The van der Waals surface area contributed by atoms with E-state index in [1.165, 1.54) is 0 Å². The van der Waals surface area contributed by atoms with E-state index in [0.717, 1.165) is 29.0 Å². The number of esters is 1. The fourth-order valence-corrected chi connectivity index (χ4v) is 3.08. The highest BCUT2D eigenvalue weighted by molar-refractivity contribution is 5.80. The Balaban J connectivity index is 1.71. The molecule has 1 aliphatic rings. The summed E-state index contributed by atoms with van der Waals surface area (Å²) in [6.45, 7) is 4.67. The molecule has 0 aliphatic carbocycles. The van der Waals surface area contributed by atoms with Crippen molar-refractivity contribution in [1.29, 1.82) is 0 Å². The third-order valence-electron chi connectivity index (χ3n) is 4.60. The first-order valence-corrected chi connectivity index (χ1v) is 8.83. The molecule has 4 nitrogen and oxygen atoms in total. The molecular formula is C21H24O4. The Kier molecular flexibility index (Phi) is 5.27. The molecule has 0 spiro atoms. The van der Waals surface area contributed by atoms with Gasteiger partial charge in [0, 0.05) is 6.42 Å². The Labute approximate surface area is 148 Å². The van der Waals surface area contributed by atoms with Crippen molar-refractivity contribution in [3.8, 4) is 11.5 Å². The van der Waals surface area contributed by atoms with Crippen LogP contribution in [0.2, 0.25) is 0 Å². The normalized spacial score (nSPS) is 18.8. The average molecular weight is 340 g/mol. The molecule has 0 fully saturated rings. The number of ether oxygens (including phenoxy) is 3. The van der Waals surface area contributed by atoms with E-state index in [1.54, 1.807) is 0 Å². The summed E-state index contributed by atoms with van der Waals surface area (Å²) >= 11 is 0. The summed E-state index contributed by atoms with van der Waals surface area (Å²) in [6, 6.07) is 15.8. The van der Waals surface area contributed by atoms with Gasteiger partial charge in [-0.3, -0.25) is 0 Å². The summed E-state index contributed by atoms with van der Waals surface area (Å²) in [4.78, 5) is 12.3. The molecule has 0 amide bonds. The van der Waals surface area contributed by atoms with E-state index in [1.807, 2.05) is 62.4 Å². The van der Waals surface area contributed by atoms with Crippen molar-refractivity contribution in [2.75, 3.05) is 6.61 Å². The second-order valence-corrected chi connectivity index (χ2v) is 6.21. The second-order valence-electron chi connectivity index (χ2n) is 6.21. The number of benzene rings is 2. The van der Waals surface area contributed by atoms with Crippen molar-refractivity contribution >= 4 is 5.97 Å². The molecule has 0 radical (unpaired) electrons. The summed E-state index contributed by atoms with van der Waals surface area (Å²) in [5.41, 5.74) is 1.33. The lowest BCUT2D eigenvalue weighted by Crippen LogP contribution is -2.47. The van der Waals surface area contributed by atoms with Crippen LogP contribution in [0.3, 0.4) is 0 Å². The molecule has 4 heteroatoms. The summed E-state index contributed by atoms with van der Waals surface area (Å²) in [5, 5.41) is 0. The molecule has 2 aromatic rings. The average Bonchev–Trinajstić information content (AvgIpc) is 2.66. The van der Waals surface area contributed by atoms with Crippen molar-refractivity contribution in [2.24, 2.45) is 0 Å². The summed E-state index contributed by atoms with van der Waals surface area (Å²) in [7, 11) is 0. The monoisotopic (exact) mass is 340 g/mol. The summed E-state index contributed by atoms with van der Waals surface area (Å²) in [6.07, 6.45) is 1.99. The van der Waals surface area contributed by atoms with Crippen LogP contribution in [0, 0.1) is 0 Å². The van der Waals surface area contributed by atoms with Gasteiger partial charge in [0.1, 0.15) is 18.1 Å². The molecule has 0 bridgehead atoms. The predicted molar refractivity (Wildman–Crippen MR) is 95.8 cm³/mol. The van der Waals surface area contributed by atoms with Crippen LogP contribution in [0.5, 0.6) is 11.5 Å². The zero-order valence-corrected chi connectivity index (χ0v) is 14.8. The zero-order valence-electron chi connectivity index (χ0n) is 14.8. The molecule has 0 saturated carbocycles. The quantitative estimate of drug-likeness (QED) is 0.735. The van der Waals surface area contributed by atoms with Crippen LogP contribution in [0.1, 0.15) is 37.8 Å². The Hall–Kier alpha value is -2.49. The minimum Gasteiger partial charge on any atom is -0.489 e. The molecule has 1 aliphatic heterocycles. The molecule has 132 valence electrons. The van der Waals surface area contributed by atoms with Gasteiger partial charge in [0.15, 0.2) is 0 Å². The first-order chi connectivity index (χ1) is 12.2. The lowest BCUT2D eigenvalue weighted by atomic mass is 9.88. The highest BCUT2D eigenvalue weighted by Gasteiger charge is 2.43. The minimum absolute atomic E-state index is 0.271. The highest BCUT2D eigenvalue weighted by Crippen LogP contribution is 2.38. The fourth-order valence-electron chi connectivity index (χ4n) is 3.08. The first kappa shape index (κ1) is 17.3. The predicted octanol–water partition coefficient (Wildman–Crippen LogP) is 4.30. The van der Waals surface area contributed by atoms with Gasteiger partial charge < -0.3 is 14.2 Å². The topological polar surface area (TPSA) is 44.8 Å². The van der Waals surface area contributed by atoms with Crippen LogP contribution in [0.25, 0.3) is 0 Å². The molecule has 25 heavy (non-hydrogen) atoms. The van der Waals surface area contributed by atoms with Crippen molar-refractivity contribution in [3.63, 3.8) is 0 Å². The number of hydrogen-bond acceptors (Lipinski definition) is 4. The van der Waals surface area contributed by atoms with Gasteiger partial charge in [0.05, 0.1) is 6.61 Å². The third kappa shape index (κ3) is 3.78. The molecule has 2 aromatic carbocycles. The summed E-state index contributed by atoms with van der Waals surface area (Å²) < 4.78 is 17.2. The lowest BCUT2D eigenvalue weighted by molar-refractivity contribution is -0.163. The van der Waals surface area contributed by atoms with Crippen LogP contribution in [0.15, 0.2) is 48.5 Å². The third-order valence-corrected chi connectivity index (χ3v) is 4.60. The largest absolute Gasteiger partial charge is 0.489 e. The Bertz CT molecular complexity index is 726. The van der Waals surface area contributed by atoms with E-state index < -0.39 is 5.60 Å². The maximum absolute atomic E-state index is 12.3. The smallest absolute Gasteiger partial charge is 0.350 e. The molecule has 3 rings (SSSR count). The molecular weight excluding hydrogens is 316 g/mol. The molecule has 1 unspecified atom stereocenters. The van der Waals surface area contributed by atoms with Gasteiger partial charge in [0.25, 0.3) is 0 Å². The molecule has 1 heterocycles. The van der Waals surface area contributed by atoms with Gasteiger partial charge in [-0.1, -0.05) is 37.3 Å². The number of rotatable bonds is 6. The Morgan fingerprint density at radius 2 is 1.96 bits per heavy atom. The van der Waals surface area contributed by atoms with Gasteiger partial charge in [0.2, 0.25) is 5.60 Å². The second kappa shape index (κ2) is 7.60. The molecule has 1 atom stereocenters. The summed E-state index contributed by atoms with van der Waals surface area (Å²) in [5.74, 6) is 1.28.